The number of nitrogens with two attached hydrogens (primary N) is 2. The van der Waals surface area contributed by atoms with E-state index in [1.165, 1.54) is 12.1 Å². The van der Waals surface area contributed by atoms with E-state index >= 15 is 0 Å². The van der Waals surface area contributed by atoms with Gasteiger partial charge in [0.25, 0.3) is 5.70 Å². The van der Waals surface area contributed by atoms with E-state index in [2.05, 4.69) is 0 Å². The Morgan fingerprint density at radius 2 is 1.65 bits per heavy atom. The van der Waals surface area contributed by atoms with Crippen LogP contribution in [0.1, 0.15) is 5.56 Å². The number of nitrogens with one attached hydrogen (secondary N) is 1. The normalized spacial score (nSPS) is 12.6. The molecule has 0 bridgehead atoms. The summed E-state index contributed by atoms with van der Waals surface area (Å²) in [5.74, 6) is 0. The Balaban J connectivity index is 3.05. The number of benzene rings is 1. The molecule has 10 heteroatoms. The monoisotopic (exact) mass is 313 g/mol. The second-order valence-corrected chi connectivity index (χ2v) is 11.8. The molecule has 0 saturated heterocycles. The van der Waals surface area contributed by atoms with Gasteiger partial charge in [0, 0.05) is 23.1 Å². The van der Waals surface area contributed by atoms with Gasteiger partial charge >= 0.3 is 0 Å². The van der Waals surface area contributed by atoms with Gasteiger partial charge in [-0.15, -0.1) is 4.49 Å². The Labute approximate surface area is 108 Å². The molecule has 17 heavy (non-hydrogen) atoms. The van der Waals surface area contributed by atoms with Crippen LogP contribution in [0.4, 0.5) is 0 Å². The molecule has 0 aliphatic heterocycles. The van der Waals surface area contributed by atoms with Crippen LogP contribution in [0.25, 0.3) is 0 Å². The van der Waals surface area contributed by atoms with Crippen molar-refractivity contribution in [3.05, 3.63) is 29.8 Å². The molecule has 0 radical (unpaired) electrons. The summed E-state index contributed by atoms with van der Waals surface area (Å²) in [5.41, 5.74) is -2.50. The Morgan fingerprint density at radius 1 is 1.18 bits per heavy atom. The summed E-state index contributed by atoms with van der Waals surface area (Å²) in [7, 11) is -3.87. The summed E-state index contributed by atoms with van der Waals surface area (Å²) in [6, 6.07) is 6.13. The molecule has 0 amide bonds. The van der Waals surface area contributed by atoms with E-state index in [4.69, 9.17) is 10.3 Å². The smallest absolute Gasteiger partial charge is 0.279 e. The Morgan fingerprint density at radius 3 is 2.06 bits per heavy atom. The van der Waals surface area contributed by atoms with Crippen LogP contribution in [0.3, 0.4) is 0 Å². The summed E-state index contributed by atoms with van der Waals surface area (Å²) in [6.07, 6.45) is 0. The van der Waals surface area contributed by atoms with Gasteiger partial charge in [0.15, 0.2) is 0 Å². The first-order chi connectivity index (χ1) is 7.83. The van der Waals surface area contributed by atoms with Crippen LogP contribution in [0.15, 0.2) is 29.2 Å². The van der Waals surface area contributed by atoms with Crippen molar-refractivity contribution < 1.29 is 13.0 Å². The van der Waals surface area contributed by atoms with Crippen LogP contribution in [0, 0.1) is 6.92 Å². The summed E-state index contributed by atoms with van der Waals surface area (Å²) < 4.78 is 37.5. The first kappa shape index (κ1) is 15.0. The van der Waals surface area contributed by atoms with E-state index in [1.807, 2.05) is 11.4 Å². The van der Waals surface area contributed by atoms with Crippen LogP contribution in [-0.4, -0.2) is 8.42 Å². The first-order valence-corrected chi connectivity index (χ1v) is 10.5. The van der Waals surface area contributed by atoms with Crippen molar-refractivity contribution in [1.29, 1.82) is 0 Å². The van der Waals surface area contributed by atoms with E-state index in [9.17, 15) is 13.0 Å². The molecule has 0 aliphatic rings. The zero-order valence-corrected chi connectivity index (χ0v) is 12.2. The largest absolute Gasteiger partial charge is 0.296 e. The van der Waals surface area contributed by atoms with Crippen molar-refractivity contribution in [2.45, 2.75) is 11.8 Å². The molecule has 0 aliphatic carbocycles. The van der Waals surface area contributed by atoms with Gasteiger partial charge in [-0.1, -0.05) is 17.7 Å². The molecule has 1 aromatic carbocycles. The molecule has 1 aromatic rings. The van der Waals surface area contributed by atoms with Crippen molar-refractivity contribution in [2.24, 2.45) is 10.3 Å². The Bertz CT molecular complexity index is 523. The summed E-state index contributed by atoms with van der Waals surface area (Å²) in [5, 5.41) is 10.3. The van der Waals surface area contributed by atoms with Gasteiger partial charge in [-0.05, 0) is 19.1 Å². The van der Waals surface area contributed by atoms with Gasteiger partial charge < -0.3 is 0 Å². The van der Waals surface area contributed by atoms with Gasteiger partial charge in [-0.2, -0.15) is 0 Å². The summed E-state index contributed by atoms with van der Waals surface area (Å²) >= 11 is 0.800. The van der Waals surface area contributed by atoms with Crippen molar-refractivity contribution in [1.82, 2.24) is 4.49 Å². The Hall–Kier alpha value is -0.0200. The van der Waals surface area contributed by atoms with Crippen molar-refractivity contribution in [3.63, 3.8) is 0 Å². The topological polar surface area (TPSA) is 115 Å². The van der Waals surface area contributed by atoms with Crippen molar-refractivity contribution >= 4 is 38.9 Å². The van der Waals surface area contributed by atoms with E-state index in [1.54, 1.807) is 12.1 Å². The summed E-state index contributed by atoms with van der Waals surface area (Å²) in [6.45, 7) is 1.83. The lowest BCUT2D eigenvalue weighted by atomic mass is 10.2. The lowest BCUT2D eigenvalue weighted by Crippen LogP contribution is -2.19. The SMILES string of the molecule is Cc1ccc(S(=O)(=O)NP(=O)(SN)SN)cc1. The predicted octanol–water partition coefficient (Wildman–Crippen LogP) is 1.60. The minimum absolute atomic E-state index is 0.0198. The molecule has 96 valence electrons. The van der Waals surface area contributed by atoms with Gasteiger partial charge in [-0.3, -0.25) is 14.8 Å². The molecule has 0 atom stereocenters. The number of aryl methyl sites for hydroxylation is 1. The summed E-state index contributed by atoms with van der Waals surface area (Å²) in [4.78, 5) is 0.0198. The third-order valence-corrected chi connectivity index (χ3v) is 9.70. The molecule has 0 unspecified atom stereocenters. The highest BCUT2D eigenvalue weighted by molar-refractivity contribution is 8.89. The average Bonchev–Trinajstić information content (AvgIpc) is 2.29. The molecule has 0 aromatic heterocycles. The van der Waals surface area contributed by atoms with Crippen molar-refractivity contribution in [3.8, 4) is 0 Å². The maximum absolute atomic E-state index is 11.9. The molecule has 0 saturated carbocycles. The molecular formula is C7H12N3O3PS3. The zero-order valence-electron chi connectivity index (χ0n) is 8.86. The third-order valence-electron chi connectivity index (χ3n) is 1.84. The standard InChI is InChI=1S/C7H12N3O3PS3/c1-6-2-4-7(5-3-6)17(12,13)10-14(11,15-8)16-9/h2-5H,8-9H2,1H3,(H,10,11). The van der Waals surface area contributed by atoms with E-state index in [0.29, 0.717) is 23.1 Å². The quantitative estimate of drug-likeness (QED) is 0.558. The highest BCUT2D eigenvalue weighted by Gasteiger charge is 2.29. The van der Waals surface area contributed by atoms with Crippen LogP contribution >= 0.6 is 28.8 Å². The zero-order chi connectivity index (χ0) is 13.1. The molecule has 6 nitrogen and oxygen atoms in total. The molecule has 1 rings (SSSR count). The number of sulfonamides is 1. The lowest BCUT2D eigenvalue weighted by molar-refractivity contribution is 0.580. The number of rotatable bonds is 5. The van der Waals surface area contributed by atoms with Crippen LogP contribution in [-0.2, 0) is 14.6 Å². The van der Waals surface area contributed by atoms with E-state index in [0.717, 1.165) is 5.56 Å². The fourth-order valence-corrected chi connectivity index (χ4v) is 6.61. The highest BCUT2D eigenvalue weighted by atomic mass is 33.1. The molecule has 5 N–H and O–H groups in total. The molecule has 0 heterocycles. The lowest BCUT2D eigenvalue weighted by Gasteiger charge is -2.13. The highest BCUT2D eigenvalue weighted by Crippen LogP contribution is 2.61. The second-order valence-electron chi connectivity index (χ2n) is 3.12. The third kappa shape index (κ3) is 3.99. The first-order valence-electron chi connectivity index (χ1n) is 4.31. The maximum atomic E-state index is 11.9. The fourth-order valence-electron chi connectivity index (χ4n) is 0.985. The number of hydrogen-bond acceptors (Lipinski definition) is 7. The van der Waals surface area contributed by atoms with Crippen LogP contribution in [0.2, 0.25) is 0 Å². The average molecular weight is 313 g/mol. The molecule has 0 fully saturated rings. The predicted molar refractivity (Wildman–Crippen MR) is 72.7 cm³/mol. The van der Waals surface area contributed by atoms with E-state index in [-0.39, 0.29) is 4.90 Å². The minimum Gasteiger partial charge on any atom is -0.279 e. The number of hydrogen-bond donors (Lipinski definition) is 3. The van der Waals surface area contributed by atoms with Gasteiger partial charge in [-0.25, -0.2) is 8.42 Å². The van der Waals surface area contributed by atoms with Crippen molar-refractivity contribution in [2.75, 3.05) is 0 Å². The van der Waals surface area contributed by atoms with Crippen LogP contribution < -0.4 is 14.8 Å². The van der Waals surface area contributed by atoms with Crippen LogP contribution in [0.5, 0.6) is 0 Å². The maximum Gasteiger partial charge on any atom is 0.296 e. The van der Waals surface area contributed by atoms with E-state index < -0.39 is 15.7 Å². The molecular weight excluding hydrogens is 301 g/mol. The van der Waals surface area contributed by atoms with Gasteiger partial charge in [0.1, 0.15) is 0 Å². The fraction of sp³-hybridized carbons (Fsp3) is 0.143. The molecule has 0 spiro atoms. The van der Waals surface area contributed by atoms with Gasteiger partial charge in [0.2, 0.25) is 10.0 Å². The minimum atomic E-state index is -3.87. The van der Waals surface area contributed by atoms with Gasteiger partial charge in [0.05, 0.1) is 4.90 Å². The second kappa shape index (κ2) is 5.75. The Kier molecular flexibility index (Phi) is 5.08.